The monoisotopic (exact) mass is 377 g/mol. The Morgan fingerprint density at radius 3 is 2.79 bits per heavy atom. The lowest BCUT2D eigenvalue weighted by molar-refractivity contribution is -0.131. The normalized spacial score (nSPS) is 14.9. The van der Waals surface area contributed by atoms with Gasteiger partial charge in [0, 0.05) is 55.9 Å². The molecule has 1 N–H and O–H groups in total. The second-order valence-electron chi connectivity index (χ2n) is 7.04. The highest BCUT2D eigenvalue weighted by Gasteiger charge is 2.23. The van der Waals surface area contributed by atoms with E-state index in [9.17, 15) is 9.59 Å². The van der Waals surface area contributed by atoms with Crippen molar-refractivity contribution >= 4 is 22.7 Å². The summed E-state index contributed by atoms with van der Waals surface area (Å²) in [6, 6.07) is 9.43. The van der Waals surface area contributed by atoms with Crippen LogP contribution in [0.1, 0.15) is 28.8 Å². The Balaban J connectivity index is 1.37. The highest BCUT2D eigenvalue weighted by molar-refractivity contribution is 5.98. The molecule has 4 rings (SSSR count). The lowest BCUT2D eigenvalue weighted by Gasteiger charge is -2.22. The first kappa shape index (κ1) is 18.2. The van der Waals surface area contributed by atoms with Crippen molar-refractivity contribution in [3.8, 4) is 0 Å². The number of hydrogen-bond acceptors (Lipinski definition) is 4. The first-order chi connectivity index (χ1) is 13.7. The molecule has 0 unspecified atom stereocenters. The molecule has 2 aromatic heterocycles. The molecule has 7 nitrogen and oxygen atoms in total. The molecule has 144 valence electrons. The number of aromatic nitrogens is 3. The van der Waals surface area contributed by atoms with E-state index in [-0.39, 0.29) is 11.8 Å². The summed E-state index contributed by atoms with van der Waals surface area (Å²) >= 11 is 0. The highest BCUT2D eigenvalue weighted by Crippen LogP contribution is 2.16. The molecule has 28 heavy (non-hydrogen) atoms. The maximum atomic E-state index is 12.9. The number of nitrogens with one attached hydrogen (secondary N) is 1. The van der Waals surface area contributed by atoms with E-state index in [1.807, 2.05) is 46.3 Å². The van der Waals surface area contributed by atoms with Crippen LogP contribution in [0.4, 0.5) is 0 Å². The first-order valence-electron chi connectivity index (χ1n) is 9.60. The minimum absolute atomic E-state index is 0.0125. The fourth-order valence-electron chi connectivity index (χ4n) is 3.58. The number of hydrogen-bond donors (Lipinski definition) is 1. The van der Waals surface area contributed by atoms with Gasteiger partial charge in [-0.15, -0.1) is 0 Å². The van der Waals surface area contributed by atoms with Gasteiger partial charge in [-0.05, 0) is 42.7 Å². The second-order valence-corrected chi connectivity index (χ2v) is 7.04. The van der Waals surface area contributed by atoms with Crippen LogP contribution >= 0.6 is 0 Å². The number of carbonyl (C=O) groups excluding carboxylic acids is 2. The Hall–Kier alpha value is -3.22. The Bertz CT molecular complexity index is 970. The summed E-state index contributed by atoms with van der Waals surface area (Å²) in [4.78, 5) is 33.5. The molecule has 0 atom stereocenters. The van der Waals surface area contributed by atoms with Crippen molar-refractivity contribution in [2.45, 2.75) is 19.3 Å². The van der Waals surface area contributed by atoms with Crippen LogP contribution in [-0.2, 0) is 11.2 Å². The van der Waals surface area contributed by atoms with Crippen molar-refractivity contribution in [3.05, 3.63) is 60.0 Å². The number of rotatable bonds is 4. The fourth-order valence-corrected chi connectivity index (χ4v) is 3.58. The number of amides is 2. The summed E-state index contributed by atoms with van der Waals surface area (Å²) in [5.74, 6) is 0.144. The maximum absolute atomic E-state index is 12.9. The zero-order valence-corrected chi connectivity index (χ0v) is 15.7. The predicted octanol–water partition coefficient (Wildman–Crippen LogP) is 2.27. The number of benzene rings is 1. The Morgan fingerprint density at radius 1 is 1.07 bits per heavy atom. The lowest BCUT2D eigenvalue weighted by Crippen LogP contribution is -2.37. The third-order valence-corrected chi connectivity index (χ3v) is 5.17. The standard InChI is InChI=1S/C21H23N5O2/c27-20(7-4-16-14-23-24-15-16)25-9-2-10-26(12-11-25)21(28)18-5-6-19-17(13-18)3-1-8-22-19/h1,3,5-6,8,13-15H,2,4,7,9-12H2,(H,23,24). The van der Waals surface area contributed by atoms with E-state index >= 15 is 0 Å². The summed E-state index contributed by atoms with van der Waals surface area (Å²) in [6.45, 7) is 2.48. The molecule has 1 aromatic carbocycles. The van der Waals surface area contributed by atoms with Gasteiger partial charge in [-0.25, -0.2) is 0 Å². The third kappa shape index (κ3) is 4.03. The van der Waals surface area contributed by atoms with E-state index in [4.69, 9.17) is 0 Å². The molecule has 1 saturated heterocycles. The summed E-state index contributed by atoms with van der Waals surface area (Å²) in [7, 11) is 0. The third-order valence-electron chi connectivity index (χ3n) is 5.17. The lowest BCUT2D eigenvalue weighted by atomic mass is 10.1. The van der Waals surface area contributed by atoms with E-state index < -0.39 is 0 Å². The van der Waals surface area contributed by atoms with Crippen LogP contribution in [0.3, 0.4) is 0 Å². The van der Waals surface area contributed by atoms with Crippen molar-refractivity contribution < 1.29 is 9.59 Å². The van der Waals surface area contributed by atoms with Gasteiger partial charge in [0.15, 0.2) is 0 Å². The first-order valence-corrected chi connectivity index (χ1v) is 9.60. The molecular formula is C21H23N5O2. The van der Waals surface area contributed by atoms with Crippen molar-refractivity contribution in [1.29, 1.82) is 0 Å². The minimum atomic E-state index is 0.0125. The van der Waals surface area contributed by atoms with Crippen LogP contribution in [-0.4, -0.2) is 63.0 Å². The number of aromatic amines is 1. The maximum Gasteiger partial charge on any atom is 0.253 e. The molecular weight excluding hydrogens is 354 g/mol. The van der Waals surface area contributed by atoms with Crippen LogP contribution in [0.25, 0.3) is 10.9 Å². The molecule has 1 aliphatic rings. The summed E-state index contributed by atoms with van der Waals surface area (Å²) < 4.78 is 0. The summed E-state index contributed by atoms with van der Waals surface area (Å²) in [5.41, 5.74) is 2.58. The van der Waals surface area contributed by atoms with E-state index in [1.165, 1.54) is 0 Å². The van der Waals surface area contributed by atoms with Gasteiger partial charge in [-0.2, -0.15) is 5.10 Å². The molecule has 0 aliphatic carbocycles. The average molecular weight is 377 g/mol. The Labute approximate surface area is 163 Å². The molecule has 7 heteroatoms. The van der Waals surface area contributed by atoms with Crippen LogP contribution in [0.2, 0.25) is 0 Å². The molecule has 0 radical (unpaired) electrons. The number of nitrogens with zero attached hydrogens (tertiary/aromatic N) is 4. The second kappa shape index (κ2) is 8.21. The number of pyridine rings is 1. The molecule has 3 heterocycles. The van der Waals surface area contributed by atoms with Gasteiger partial charge in [0.05, 0.1) is 11.7 Å². The van der Waals surface area contributed by atoms with Crippen molar-refractivity contribution in [3.63, 3.8) is 0 Å². The zero-order valence-electron chi connectivity index (χ0n) is 15.7. The minimum Gasteiger partial charge on any atom is -0.341 e. The largest absolute Gasteiger partial charge is 0.341 e. The quantitative estimate of drug-likeness (QED) is 0.756. The number of H-pyrrole nitrogens is 1. The van der Waals surface area contributed by atoms with E-state index in [2.05, 4.69) is 15.2 Å². The number of carbonyl (C=O) groups is 2. The van der Waals surface area contributed by atoms with E-state index in [0.717, 1.165) is 22.9 Å². The molecule has 1 aliphatic heterocycles. The molecule has 0 saturated carbocycles. The Kier molecular flexibility index (Phi) is 5.32. The van der Waals surface area contributed by atoms with Gasteiger partial charge in [0.25, 0.3) is 5.91 Å². The highest BCUT2D eigenvalue weighted by atomic mass is 16.2. The topological polar surface area (TPSA) is 82.2 Å². The Morgan fingerprint density at radius 2 is 1.93 bits per heavy atom. The fraction of sp³-hybridized carbons (Fsp3) is 0.333. The van der Waals surface area contributed by atoms with Gasteiger partial charge in [0.1, 0.15) is 0 Å². The zero-order chi connectivity index (χ0) is 19.3. The molecule has 2 amide bonds. The van der Waals surface area contributed by atoms with Gasteiger partial charge >= 0.3 is 0 Å². The smallest absolute Gasteiger partial charge is 0.253 e. The molecule has 1 fully saturated rings. The van der Waals surface area contributed by atoms with E-state index in [1.54, 1.807) is 12.4 Å². The van der Waals surface area contributed by atoms with Crippen molar-refractivity contribution in [2.24, 2.45) is 0 Å². The van der Waals surface area contributed by atoms with Gasteiger partial charge in [-0.3, -0.25) is 19.7 Å². The van der Waals surface area contributed by atoms with Crippen LogP contribution < -0.4 is 0 Å². The SMILES string of the molecule is O=C(CCc1cn[nH]c1)N1CCCN(C(=O)c2ccc3ncccc3c2)CC1. The van der Waals surface area contributed by atoms with Crippen LogP contribution in [0, 0.1) is 0 Å². The molecule has 0 bridgehead atoms. The summed E-state index contributed by atoms with van der Waals surface area (Å²) in [5, 5.41) is 7.63. The molecule has 0 spiro atoms. The van der Waals surface area contributed by atoms with Gasteiger partial charge in [-0.1, -0.05) is 6.07 Å². The van der Waals surface area contributed by atoms with Crippen LogP contribution in [0.5, 0.6) is 0 Å². The predicted molar refractivity (Wildman–Crippen MR) is 106 cm³/mol. The van der Waals surface area contributed by atoms with Crippen molar-refractivity contribution in [1.82, 2.24) is 25.0 Å². The van der Waals surface area contributed by atoms with E-state index in [0.29, 0.717) is 44.6 Å². The van der Waals surface area contributed by atoms with Crippen LogP contribution in [0.15, 0.2) is 48.9 Å². The average Bonchev–Trinajstić information content (AvgIpc) is 3.13. The van der Waals surface area contributed by atoms with Crippen molar-refractivity contribution in [2.75, 3.05) is 26.2 Å². The molecule has 3 aromatic rings. The summed E-state index contributed by atoms with van der Waals surface area (Å²) in [6.07, 6.45) is 7.24. The van der Waals surface area contributed by atoms with Gasteiger partial charge < -0.3 is 9.80 Å². The number of fused-ring (bicyclic) bond motifs is 1. The van der Waals surface area contributed by atoms with Gasteiger partial charge in [0.2, 0.25) is 5.91 Å². The number of aryl methyl sites for hydroxylation is 1.